The maximum atomic E-state index is 10.8. The van der Waals surface area contributed by atoms with Crippen LogP contribution in [0.5, 0.6) is 5.75 Å². The lowest BCUT2D eigenvalue weighted by molar-refractivity contribution is -0.384. The quantitative estimate of drug-likeness (QED) is 0.653. The zero-order chi connectivity index (χ0) is 15.4. The molecule has 0 amide bonds. The van der Waals surface area contributed by atoms with E-state index in [0.29, 0.717) is 11.4 Å². The van der Waals surface area contributed by atoms with E-state index in [0.717, 1.165) is 12.1 Å². The molecule has 1 aromatic carbocycles. The third-order valence-electron chi connectivity index (χ3n) is 3.25. The molecular weight excluding hydrogens is 272 g/mol. The number of aromatic nitrogens is 2. The number of nitrogens with one attached hydrogen (secondary N) is 1. The highest BCUT2D eigenvalue weighted by molar-refractivity contribution is 5.61. The molecule has 2 aromatic rings. The van der Waals surface area contributed by atoms with E-state index < -0.39 is 4.92 Å². The van der Waals surface area contributed by atoms with Crippen molar-refractivity contribution in [2.24, 2.45) is 0 Å². The number of nitro benzene ring substituents is 1. The van der Waals surface area contributed by atoms with E-state index >= 15 is 0 Å². The molecule has 2 rings (SSSR count). The standard InChI is InChI=1S/C14H18N4O3/c1-4-17-9-11(8-15-17)10(2)16-13-6-5-12(18(19)20)7-14(13)21-3/h5-10,16H,4H2,1-3H3. The van der Waals surface area contributed by atoms with Crippen molar-refractivity contribution in [2.45, 2.75) is 26.4 Å². The molecule has 21 heavy (non-hydrogen) atoms. The van der Waals surface area contributed by atoms with Gasteiger partial charge in [0.05, 0.1) is 36.0 Å². The third-order valence-corrected chi connectivity index (χ3v) is 3.25. The largest absolute Gasteiger partial charge is 0.494 e. The summed E-state index contributed by atoms with van der Waals surface area (Å²) in [6, 6.07) is 4.52. The van der Waals surface area contributed by atoms with Gasteiger partial charge >= 0.3 is 0 Å². The molecule has 0 bridgehead atoms. The second kappa shape index (κ2) is 6.25. The van der Waals surface area contributed by atoms with E-state index in [1.807, 2.05) is 24.7 Å². The summed E-state index contributed by atoms with van der Waals surface area (Å²) in [5.41, 5.74) is 1.75. The van der Waals surface area contributed by atoms with Crippen LogP contribution in [0.2, 0.25) is 0 Å². The lowest BCUT2D eigenvalue weighted by atomic mass is 10.1. The summed E-state index contributed by atoms with van der Waals surface area (Å²) in [4.78, 5) is 10.3. The fraction of sp³-hybridized carbons (Fsp3) is 0.357. The average Bonchev–Trinajstić information content (AvgIpc) is 2.96. The van der Waals surface area contributed by atoms with Crippen molar-refractivity contribution in [1.29, 1.82) is 0 Å². The first-order valence-corrected chi connectivity index (χ1v) is 6.66. The van der Waals surface area contributed by atoms with Crippen LogP contribution in [0, 0.1) is 10.1 Å². The van der Waals surface area contributed by atoms with Gasteiger partial charge in [0, 0.05) is 24.4 Å². The molecule has 1 heterocycles. The van der Waals surface area contributed by atoms with Crippen LogP contribution >= 0.6 is 0 Å². The molecule has 1 aromatic heterocycles. The fourth-order valence-corrected chi connectivity index (χ4v) is 2.01. The first kappa shape index (κ1) is 14.8. The number of hydrogen-bond acceptors (Lipinski definition) is 5. The van der Waals surface area contributed by atoms with Gasteiger partial charge in [-0.3, -0.25) is 14.8 Å². The summed E-state index contributed by atoms with van der Waals surface area (Å²) in [6.45, 7) is 4.83. The van der Waals surface area contributed by atoms with Crippen molar-refractivity contribution in [3.05, 3.63) is 46.3 Å². The van der Waals surface area contributed by atoms with Gasteiger partial charge in [-0.15, -0.1) is 0 Å². The summed E-state index contributed by atoms with van der Waals surface area (Å²) < 4.78 is 7.06. The number of nitrogens with zero attached hydrogens (tertiary/aromatic N) is 3. The van der Waals surface area contributed by atoms with Crippen molar-refractivity contribution >= 4 is 11.4 Å². The van der Waals surface area contributed by atoms with Gasteiger partial charge in [-0.1, -0.05) is 0 Å². The summed E-state index contributed by atoms with van der Waals surface area (Å²) in [7, 11) is 1.49. The van der Waals surface area contributed by atoms with Crippen LogP contribution in [0.3, 0.4) is 0 Å². The minimum absolute atomic E-state index is 0.00357. The molecule has 0 aliphatic carbocycles. The molecule has 7 heteroatoms. The van der Waals surface area contributed by atoms with Gasteiger partial charge in [0.2, 0.25) is 0 Å². The van der Waals surface area contributed by atoms with Crippen molar-refractivity contribution in [1.82, 2.24) is 9.78 Å². The Kier molecular flexibility index (Phi) is 4.42. The number of hydrogen-bond donors (Lipinski definition) is 1. The highest BCUT2D eigenvalue weighted by Crippen LogP contribution is 2.31. The smallest absolute Gasteiger partial charge is 0.273 e. The third kappa shape index (κ3) is 3.31. The van der Waals surface area contributed by atoms with Gasteiger partial charge in [0.25, 0.3) is 5.69 Å². The highest BCUT2D eigenvalue weighted by atomic mass is 16.6. The van der Waals surface area contributed by atoms with Crippen LogP contribution < -0.4 is 10.1 Å². The van der Waals surface area contributed by atoms with E-state index in [1.54, 1.807) is 12.3 Å². The number of non-ortho nitro benzene ring substituents is 1. The van der Waals surface area contributed by atoms with Crippen molar-refractivity contribution in [3.8, 4) is 5.75 Å². The molecule has 0 saturated carbocycles. The Morgan fingerprint density at radius 3 is 2.86 bits per heavy atom. The van der Waals surface area contributed by atoms with E-state index in [1.165, 1.54) is 19.2 Å². The van der Waals surface area contributed by atoms with Crippen molar-refractivity contribution in [3.63, 3.8) is 0 Å². The van der Waals surface area contributed by atoms with E-state index in [-0.39, 0.29) is 11.7 Å². The van der Waals surface area contributed by atoms with Crippen LogP contribution in [0.4, 0.5) is 11.4 Å². The van der Waals surface area contributed by atoms with Gasteiger partial charge in [0.1, 0.15) is 5.75 Å². The maximum Gasteiger partial charge on any atom is 0.273 e. The second-order valence-electron chi connectivity index (χ2n) is 4.64. The summed E-state index contributed by atoms with van der Waals surface area (Å²) in [5.74, 6) is 0.443. The van der Waals surface area contributed by atoms with Gasteiger partial charge in [-0.2, -0.15) is 5.10 Å². The first-order chi connectivity index (χ1) is 10.0. The Bertz CT molecular complexity index is 639. The van der Waals surface area contributed by atoms with Gasteiger partial charge in [-0.25, -0.2) is 0 Å². The Balaban J connectivity index is 2.20. The SMILES string of the molecule is CCn1cc(C(C)Nc2ccc([N+](=O)[O-])cc2OC)cn1. The lowest BCUT2D eigenvalue weighted by Crippen LogP contribution is -2.07. The van der Waals surface area contributed by atoms with Gasteiger partial charge in [0.15, 0.2) is 0 Å². The predicted molar refractivity (Wildman–Crippen MR) is 79.6 cm³/mol. The summed E-state index contributed by atoms with van der Waals surface area (Å²) in [5, 5.41) is 18.3. The summed E-state index contributed by atoms with van der Waals surface area (Å²) in [6.07, 6.45) is 3.77. The van der Waals surface area contributed by atoms with Crippen LogP contribution in [-0.2, 0) is 6.54 Å². The van der Waals surface area contributed by atoms with Crippen molar-refractivity contribution in [2.75, 3.05) is 12.4 Å². The molecule has 0 fully saturated rings. The van der Waals surface area contributed by atoms with Crippen LogP contribution in [0.15, 0.2) is 30.6 Å². The van der Waals surface area contributed by atoms with E-state index in [2.05, 4.69) is 10.4 Å². The van der Waals surface area contributed by atoms with E-state index in [4.69, 9.17) is 4.74 Å². The number of benzene rings is 1. The van der Waals surface area contributed by atoms with Crippen LogP contribution in [-0.4, -0.2) is 21.8 Å². The molecule has 1 N–H and O–H groups in total. The van der Waals surface area contributed by atoms with E-state index in [9.17, 15) is 10.1 Å². The average molecular weight is 290 g/mol. The molecule has 1 atom stereocenters. The maximum absolute atomic E-state index is 10.8. The van der Waals surface area contributed by atoms with Crippen LogP contribution in [0.1, 0.15) is 25.5 Å². The minimum atomic E-state index is -0.443. The Hall–Kier alpha value is -2.57. The molecule has 0 saturated heterocycles. The molecule has 0 aliphatic heterocycles. The molecule has 0 spiro atoms. The Labute approximate surface area is 122 Å². The minimum Gasteiger partial charge on any atom is -0.494 e. The molecule has 112 valence electrons. The molecule has 0 aliphatic rings. The number of rotatable bonds is 6. The number of anilines is 1. The van der Waals surface area contributed by atoms with Crippen LogP contribution in [0.25, 0.3) is 0 Å². The zero-order valence-electron chi connectivity index (χ0n) is 12.2. The van der Waals surface area contributed by atoms with Gasteiger partial charge in [-0.05, 0) is 19.9 Å². The highest BCUT2D eigenvalue weighted by Gasteiger charge is 2.14. The molecule has 7 nitrogen and oxygen atoms in total. The monoisotopic (exact) mass is 290 g/mol. The number of methoxy groups -OCH3 is 1. The topological polar surface area (TPSA) is 82.2 Å². The van der Waals surface area contributed by atoms with Gasteiger partial charge < -0.3 is 10.1 Å². The normalized spacial score (nSPS) is 12.0. The molecule has 1 unspecified atom stereocenters. The number of nitro groups is 1. The Morgan fingerprint density at radius 1 is 1.52 bits per heavy atom. The zero-order valence-corrected chi connectivity index (χ0v) is 12.2. The first-order valence-electron chi connectivity index (χ1n) is 6.66. The fourth-order valence-electron chi connectivity index (χ4n) is 2.01. The lowest BCUT2D eigenvalue weighted by Gasteiger charge is -2.16. The Morgan fingerprint density at radius 2 is 2.29 bits per heavy atom. The molecular formula is C14H18N4O3. The van der Waals surface area contributed by atoms with Crippen molar-refractivity contribution < 1.29 is 9.66 Å². The summed E-state index contributed by atoms with van der Waals surface area (Å²) >= 11 is 0. The molecule has 0 radical (unpaired) electrons. The second-order valence-corrected chi connectivity index (χ2v) is 4.64. The number of ether oxygens (including phenoxy) is 1. The predicted octanol–water partition coefficient (Wildman–Crippen LogP) is 2.99. The number of aryl methyl sites for hydroxylation is 1.